The molecule has 0 radical (unpaired) electrons. The zero-order valence-electron chi connectivity index (χ0n) is 11.2. The van der Waals surface area contributed by atoms with Gasteiger partial charge in [0.2, 0.25) is 0 Å². The number of aliphatic hydroxyl groups excluding tert-OH is 1. The molecule has 1 aliphatic rings. The Bertz CT molecular complexity index is 700. The fraction of sp³-hybridized carbons (Fsp3) is 0.250. The molecule has 0 saturated carbocycles. The molecule has 0 saturated heterocycles. The van der Waals surface area contributed by atoms with Crippen molar-refractivity contribution in [2.24, 2.45) is 0 Å². The first-order chi connectivity index (χ1) is 9.95. The maximum Gasteiger partial charge on any atom is 0.161 e. The molecule has 21 heavy (non-hydrogen) atoms. The van der Waals surface area contributed by atoms with Gasteiger partial charge in [0.15, 0.2) is 11.6 Å². The van der Waals surface area contributed by atoms with Crippen molar-refractivity contribution in [2.75, 3.05) is 0 Å². The lowest BCUT2D eigenvalue weighted by atomic mass is 9.93. The average molecular weight is 294 g/mol. The van der Waals surface area contributed by atoms with Gasteiger partial charge in [0.1, 0.15) is 17.7 Å². The van der Waals surface area contributed by atoms with Crippen LogP contribution in [-0.2, 0) is 0 Å². The van der Waals surface area contributed by atoms with E-state index < -0.39 is 29.7 Å². The van der Waals surface area contributed by atoms with Gasteiger partial charge in [0.25, 0.3) is 0 Å². The van der Waals surface area contributed by atoms with Crippen molar-refractivity contribution in [3.8, 4) is 5.75 Å². The van der Waals surface area contributed by atoms with E-state index in [4.69, 9.17) is 4.74 Å². The number of ether oxygens (including phenoxy) is 1. The standard InChI is InChI=1S/C16H13F3O2/c1-8-2-3-15-10(4-8)14(20)7-16(21-15)9-5-12(18)13(19)6-11(9)17/h2-6,14,16,20H,7H2,1H3/t14-,16?/m0/s1. The Morgan fingerprint density at radius 1 is 1.00 bits per heavy atom. The molecular formula is C16H13F3O2. The minimum Gasteiger partial charge on any atom is -0.485 e. The fourth-order valence-corrected chi connectivity index (χ4v) is 2.54. The summed E-state index contributed by atoms with van der Waals surface area (Å²) in [5, 5.41) is 10.2. The van der Waals surface area contributed by atoms with E-state index in [1.165, 1.54) is 0 Å². The quantitative estimate of drug-likeness (QED) is 0.806. The van der Waals surface area contributed by atoms with Gasteiger partial charge in [0, 0.05) is 23.6 Å². The molecule has 2 nitrogen and oxygen atoms in total. The first-order valence-electron chi connectivity index (χ1n) is 6.55. The Labute approximate surface area is 119 Å². The van der Waals surface area contributed by atoms with Crippen LogP contribution in [0.25, 0.3) is 0 Å². The van der Waals surface area contributed by atoms with Crippen molar-refractivity contribution >= 4 is 0 Å². The Hall–Kier alpha value is -2.01. The van der Waals surface area contributed by atoms with Gasteiger partial charge in [-0.25, -0.2) is 13.2 Å². The summed E-state index contributed by atoms with van der Waals surface area (Å²) in [7, 11) is 0. The molecule has 110 valence electrons. The molecule has 0 fully saturated rings. The van der Waals surface area contributed by atoms with Crippen molar-refractivity contribution in [3.63, 3.8) is 0 Å². The molecule has 0 bridgehead atoms. The Morgan fingerprint density at radius 2 is 1.71 bits per heavy atom. The molecule has 3 rings (SSSR count). The molecule has 1 N–H and O–H groups in total. The van der Waals surface area contributed by atoms with E-state index in [-0.39, 0.29) is 12.0 Å². The highest BCUT2D eigenvalue weighted by Gasteiger charge is 2.30. The van der Waals surface area contributed by atoms with Gasteiger partial charge in [-0.2, -0.15) is 0 Å². The molecule has 2 aromatic carbocycles. The van der Waals surface area contributed by atoms with Gasteiger partial charge in [-0.05, 0) is 25.1 Å². The van der Waals surface area contributed by atoms with Crippen molar-refractivity contribution in [1.82, 2.24) is 0 Å². The number of benzene rings is 2. The molecule has 0 aliphatic carbocycles. The Balaban J connectivity index is 1.99. The third-order valence-electron chi connectivity index (χ3n) is 3.62. The van der Waals surface area contributed by atoms with E-state index in [2.05, 4.69) is 0 Å². The molecule has 1 heterocycles. The maximum absolute atomic E-state index is 13.8. The summed E-state index contributed by atoms with van der Waals surface area (Å²) in [4.78, 5) is 0. The van der Waals surface area contributed by atoms with E-state index in [0.29, 0.717) is 17.4 Å². The van der Waals surface area contributed by atoms with Crippen LogP contribution < -0.4 is 4.74 Å². The zero-order chi connectivity index (χ0) is 15.1. The summed E-state index contributed by atoms with van der Waals surface area (Å²) in [6.07, 6.45) is -1.62. The number of hydrogen-bond donors (Lipinski definition) is 1. The molecule has 0 spiro atoms. The highest BCUT2D eigenvalue weighted by molar-refractivity contribution is 5.41. The predicted molar refractivity (Wildman–Crippen MR) is 70.4 cm³/mol. The highest BCUT2D eigenvalue weighted by atomic mass is 19.2. The minimum absolute atomic E-state index is 0.0818. The SMILES string of the molecule is Cc1ccc2c(c1)[C@@H](O)CC(c1cc(F)c(F)cc1F)O2. The van der Waals surface area contributed by atoms with Crippen molar-refractivity contribution in [1.29, 1.82) is 0 Å². The summed E-state index contributed by atoms with van der Waals surface area (Å²) in [6, 6.07) is 6.54. The van der Waals surface area contributed by atoms with E-state index in [1.54, 1.807) is 18.2 Å². The van der Waals surface area contributed by atoms with Crippen molar-refractivity contribution < 1.29 is 23.0 Å². The lowest BCUT2D eigenvalue weighted by molar-refractivity contribution is 0.0637. The molecule has 0 amide bonds. The Kier molecular flexibility index (Phi) is 3.37. The largest absolute Gasteiger partial charge is 0.485 e. The number of aliphatic hydroxyl groups is 1. The second kappa shape index (κ2) is 5.07. The van der Waals surface area contributed by atoms with Crippen LogP contribution in [0.15, 0.2) is 30.3 Å². The van der Waals surface area contributed by atoms with Crippen LogP contribution in [0, 0.1) is 24.4 Å². The summed E-state index contributed by atoms with van der Waals surface area (Å²) in [5.74, 6) is -2.85. The number of rotatable bonds is 1. The van der Waals surface area contributed by atoms with Gasteiger partial charge in [-0.3, -0.25) is 0 Å². The van der Waals surface area contributed by atoms with E-state index in [1.807, 2.05) is 6.92 Å². The fourth-order valence-electron chi connectivity index (χ4n) is 2.54. The van der Waals surface area contributed by atoms with Crippen LogP contribution in [0.4, 0.5) is 13.2 Å². The smallest absolute Gasteiger partial charge is 0.161 e. The van der Waals surface area contributed by atoms with Crippen molar-refractivity contribution in [3.05, 3.63) is 64.5 Å². The molecule has 0 aromatic heterocycles. The first-order valence-corrected chi connectivity index (χ1v) is 6.55. The third-order valence-corrected chi connectivity index (χ3v) is 3.62. The summed E-state index contributed by atoms with van der Waals surface area (Å²) in [6.45, 7) is 1.88. The van der Waals surface area contributed by atoms with E-state index in [9.17, 15) is 18.3 Å². The lowest BCUT2D eigenvalue weighted by Crippen LogP contribution is -2.20. The normalized spacial score (nSPS) is 20.8. The van der Waals surface area contributed by atoms with Gasteiger partial charge in [0.05, 0.1) is 6.10 Å². The topological polar surface area (TPSA) is 29.5 Å². The zero-order valence-corrected chi connectivity index (χ0v) is 11.2. The molecule has 1 aliphatic heterocycles. The monoisotopic (exact) mass is 294 g/mol. The van der Waals surface area contributed by atoms with Gasteiger partial charge in [-0.1, -0.05) is 11.6 Å². The predicted octanol–water partition coefficient (Wildman–Crippen LogP) is 3.97. The number of hydrogen-bond acceptors (Lipinski definition) is 2. The minimum atomic E-state index is -1.25. The highest BCUT2D eigenvalue weighted by Crippen LogP contribution is 2.41. The van der Waals surface area contributed by atoms with Crippen LogP contribution >= 0.6 is 0 Å². The van der Waals surface area contributed by atoms with E-state index >= 15 is 0 Å². The van der Waals surface area contributed by atoms with Gasteiger partial charge >= 0.3 is 0 Å². The van der Waals surface area contributed by atoms with Crippen LogP contribution in [0.2, 0.25) is 0 Å². The summed E-state index contributed by atoms with van der Waals surface area (Å²) >= 11 is 0. The lowest BCUT2D eigenvalue weighted by Gasteiger charge is -2.30. The number of fused-ring (bicyclic) bond motifs is 1. The molecule has 5 heteroatoms. The first kappa shape index (κ1) is 13.9. The summed E-state index contributed by atoms with van der Waals surface area (Å²) < 4.78 is 45.7. The average Bonchev–Trinajstić information content (AvgIpc) is 2.43. The number of halogens is 3. The van der Waals surface area contributed by atoms with Crippen LogP contribution in [0.5, 0.6) is 5.75 Å². The van der Waals surface area contributed by atoms with Crippen LogP contribution in [0.3, 0.4) is 0 Å². The maximum atomic E-state index is 13.8. The van der Waals surface area contributed by atoms with E-state index in [0.717, 1.165) is 11.6 Å². The molecule has 1 unspecified atom stereocenters. The molecule has 2 aromatic rings. The van der Waals surface area contributed by atoms with Crippen molar-refractivity contribution in [2.45, 2.75) is 25.6 Å². The second-order valence-electron chi connectivity index (χ2n) is 5.19. The van der Waals surface area contributed by atoms with Gasteiger partial charge in [-0.15, -0.1) is 0 Å². The summed E-state index contributed by atoms with van der Waals surface area (Å²) in [5.41, 5.74) is 1.49. The van der Waals surface area contributed by atoms with Gasteiger partial charge < -0.3 is 9.84 Å². The third kappa shape index (κ3) is 2.49. The molecular weight excluding hydrogens is 281 g/mol. The second-order valence-corrected chi connectivity index (χ2v) is 5.19. The van der Waals surface area contributed by atoms with Crippen LogP contribution in [-0.4, -0.2) is 5.11 Å². The Morgan fingerprint density at radius 3 is 2.48 bits per heavy atom. The van der Waals surface area contributed by atoms with Crippen LogP contribution in [0.1, 0.15) is 35.3 Å². The number of aryl methyl sites for hydroxylation is 1. The molecule has 2 atom stereocenters.